The molecule has 3 rings (SSSR count). The second-order valence-corrected chi connectivity index (χ2v) is 6.00. The van der Waals surface area contributed by atoms with Gasteiger partial charge in [0, 0.05) is 6.07 Å². The number of hydrogen-bond donors (Lipinski definition) is 1. The van der Waals surface area contributed by atoms with Crippen LogP contribution in [0.15, 0.2) is 33.4 Å². The third-order valence-electron chi connectivity index (χ3n) is 4.09. The molecule has 0 aliphatic carbocycles. The highest BCUT2D eigenvalue weighted by atomic mass is 16.5. The topological polar surface area (TPSA) is 71.5 Å². The predicted molar refractivity (Wildman–Crippen MR) is 81.3 cm³/mol. The molecule has 6 heteroatoms. The maximum atomic E-state index is 12.2. The first-order valence-corrected chi connectivity index (χ1v) is 7.62. The first-order chi connectivity index (χ1) is 10.6. The van der Waals surface area contributed by atoms with Gasteiger partial charge in [0.05, 0.1) is 18.8 Å². The predicted octanol–water partition coefficient (Wildman–Crippen LogP) is 2.99. The van der Waals surface area contributed by atoms with Crippen LogP contribution in [0, 0.1) is 12.8 Å². The molecule has 2 aromatic rings. The summed E-state index contributed by atoms with van der Waals surface area (Å²) >= 11 is 0. The molecule has 1 N–H and O–H groups in total. The van der Waals surface area contributed by atoms with E-state index in [0.717, 1.165) is 25.1 Å². The number of aryl methyl sites for hydroxylation is 1. The lowest BCUT2D eigenvalue weighted by Gasteiger charge is -2.36. The van der Waals surface area contributed by atoms with Crippen LogP contribution in [-0.4, -0.2) is 29.1 Å². The van der Waals surface area contributed by atoms with Crippen LogP contribution in [0.3, 0.4) is 0 Å². The summed E-state index contributed by atoms with van der Waals surface area (Å²) in [5, 5.41) is 6.56. The van der Waals surface area contributed by atoms with Crippen molar-refractivity contribution in [1.82, 2.24) is 10.1 Å². The van der Waals surface area contributed by atoms with Crippen molar-refractivity contribution < 1.29 is 13.7 Å². The van der Waals surface area contributed by atoms with E-state index in [1.807, 2.05) is 12.1 Å². The van der Waals surface area contributed by atoms with E-state index in [1.165, 1.54) is 0 Å². The standard InChI is InChI=1S/C16H21N3O3/c1-11-5-6-19(13(8-11)14-4-3-7-21-14)10-16(20)17-15-9-12(2)22-18-15/h3-4,7,9,11,13H,5-6,8,10H2,1-2H3,(H,17,18,20)/t11-,13+/m0/s1. The van der Waals surface area contributed by atoms with Crippen LogP contribution in [0.1, 0.15) is 37.3 Å². The molecule has 0 unspecified atom stereocenters. The van der Waals surface area contributed by atoms with Gasteiger partial charge >= 0.3 is 0 Å². The lowest BCUT2D eigenvalue weighted by Crippen LogP contribution is -2.41. The molecule has 0 radical (unpaired) electrons. The normalized spacial score (nSPS) is 22.6. The van der Waals surface area contributed by atoms with Gasteiger partial charge in [-0.2, -0.15) is 0 Å². The van der Waals surface area contributed by atoms with Crippen LogP contribution in [-0.2, 0) is 4.79 Å². The summed E-state index contributed by atoms with van der Waals surface area (Å²) in [4.78, 5) is 14.4. The van der Waals surface area contributed by atoms with Crippen molar-refractivity contribution in [2.75, 3.05) is 18.4 Å². The van der Waals surface area contributed by atoms with Gasteiger partial charge in [-0.3, -0.25) is 9.69 Å². The van der Waals surface area contributed by atoms with Gasteiger partial charge in [-0.1, -0.05) is 12.1 Å². The molecule has 0 aromatic carbocycles. The Kier molecular flexibility index (Phi) is 4.29. The number of nitrogens with zero attached hydrogens (tertiary/aromatic N) is 2. The van der Waals surface area contributed by atoms with E-state index in [2.05, 4.69) is 22.3 Å². The Hall–Kier alpha value is -2.08. The smallest absolute Gasteiger partial charge is 0.239 e. The van der Waals surface area contributed by atoms with Crippen molar-refractivity contribution in [3.05, 3.63) is 36.0 Å². The Bertz CT molecular complexity index is 620. The first kappa shape index (κ1) is 14.8. The van der Waals surface area contributed by atoms with Gasteiger partial charge in [0.15, 0.2) is 5.82 Å². The summed E-state index contributed by atoms with van der Waals surface area (Å²) in [6.07, 6.45) is 3.78. The molecule has 6 nitrogen and oxygen atoms in total. The fourth-order valence-electron chi connectivity index (χ4n) is 2.95. The molecule has 1 amide bonds. The molecule has 1 aliphatic heterocycles. The molecular weight excluding hydrogens is 282 g/mol. The van der Waals surface area contributed by atoms with Crippen LogP contribution >= 0.6 is 0 Å². The monoisotopic (exact) mass is 303 g/mol. The number of likely N-dealkylation sites (tertiary alicyclic amines) is 1. The highest BCUT2D eigenvalue weighted by molar-refractivity contribution is 5.91. The lowest BCUT2D eigenvalue weighted by molar-refractivity contribution is -0.118. The summed E-state index contributed by atoms with van der Waals surface area (Å²) < 4.78 is 10.5. The minimum absolute atomic E-state index is 0.0839. The zero-order chi connectivity index (χ0) is 15.5. The van der Waals surface area contributed by atoms with Gasteiger partial charge in [0.2, 0.25) is 5.91 Å². The third kappa shape index (κ3) is 3.39. The summed E-state index contributed by atoms with van der Waals surface area (Å²) in [5.74, 6) is 2.61. The van der Waals surface area contributed by atoms with Gasteiger partial charge in [-0.25, -0.2) is 0 Å². The molecule has 0 spiro atoms. The second-order valence-electron chi connectivity index (χ2n) is 6.00. The van der Waals surface area contributed by atoms with Crippen molar-refractivity contribution in [2.45, 2.75) is 32.7 Å². The van der Waals surface area contributed by atoms with Crippen molar-refractivity contribution in [3.63, 3.8) is 0 Å². The number of furan rings is 1. The van der Waals surface area contributed by atoms with Crippen molar-refractivity contribution in [3.8, 4) is 0 Å². The van der Waals surface area contributed by atoms with Gasteiger partial charge in [-0.05, 0) is 44.4 Å². The molecule has 2 atom stereocenters. The number of carbonyl (C=O) groups is 1. The number of aromatic nitrogens is 1. The number of piperidine rings is 1. The summed E-state index contributed by atoms with van der Waals surface area (Å²) in [6, 6.07) is 5.74. The minimum Gasteiger partial charge on any atom is -0.468 e. The number of hydrogen-bond acceptors (Lipinski definition) is 5. The minimum atomic E-state index is -0.0839. The van der Waals surface area contributed by atoms with E-state index in [4.69, 9.17) is 8.94 Å². The van der Waals surface area contributed by atoms with E-state index in [9.17, 15) is 4.79 Å². The number of nitrogens with one attached hydrogen (secondary N) is 1. The summed E-state index contributed by atoms with van der Waals surface area (Å²) in [5.41, 5.74) is 0. The average molecular weight is 303 g/mol. The third-order valence-corrected chi connectivity index (χ3v) is 4.09. The van der Waals surface area contributed by atoms with E-state index in [-0.39, 0.29) is 11.9 Å². The quantitative estimate of drug-likeness (QED) is 0.940. The van der Waals surface area contributed by atoms with Crippen molar-refractivity contribution in [1.29, 1.82) is 0 Å². The highest BCUT2D eigenvalue weighted by Gasteiger charge is 2.30. The highest BCUT2D eigenvalue weighted by Crippen LogP contribution is 2.33. The molecule has 22 heavy (non-hydrogen) atoms. The summed E-state index contributed by atoms with van der Waals surface area (Å²) in [6.45, 7) is 5.24. The summed E-state index contributed by atoms with van der Waals surface area (Å²) in [7, 11) is 0. The van der Waals surface area contributed by atoms with E-state index in [0.29, 0.717) is 24.0 Å². The fraction of sp³-hybridized carbons (Fsp3) is 0.500. The van der Waals surface area contributed by atoms with Gasteiger partial charge in [0.25, 0.3) is 0 Å². The second kappa shape index (κ2) is 6.36. The maximum absolute atomic E-state index is 12.2. The molecule has 3 heterocycles. The number of carbonyl (C=O) groups excluding carboxylic acids is 1. The van der Waals surface area contributed by atoms with Crippen molar-refractivity contribution >= 4 is 11.7 Å². The first-order valence-electron chi connectivity index (χ1n) is 7.62. The molecular formula is C16H21N3O3. The maximum Gasteiger partial charge on any atom is 0.239 e. The number of amides is 1. The van der Waals surface area contributed by atoms with Crippen molar-refractivity contribution in [2.24, 2.45) is 5.92 Å². The zero-order valence-electron chi connectivity index (χ0n) is 12.9. The van der Waals surface area contributed by atoms with Gasteiger partial charge in [0.1, 0.15) is 11.5 Å². The van der Waals surface area contributed by atoms with Crippen LogP contribution in [0.4, 0.5) is 5.82 Å². The Morgan fingerprint density at radius 2 is 2.41 bits per heavy atom. The molecule has 1 saturated heterocycles. The number of rotatable bonds is 4. The van der Waals surface area contributed by atoms with E-state index >= 15 is 0 Å². The molecule has 1 aliphatic rings. The van der Waals surface area contributed by atoms with Gasteiger partial charge in [-0.15, -0.1) is 0 Å². The van der Waals surface area contributed by atoms with E-state index < -0.39 is 0 Å². The van der Waals surface area contributed by atoms with Crippen LogP contribution < -0.4 is 5.32 Å². The molecule has 0 bridgehead atoms. The van der Waals surface area contributed by atoms with Crippen LogP contribution in [0.5, 0.6) is 0 Å². The Labute approximate surface area is 129 Å². The van der Waals surface area contributed by atoms with E-state index in [1.54, 1.807) is 19.3 Å². The van der Waals surface area contributed by atoms with Crippen LogP contribution in [0.25, 0.3) is 0 Å². The molecule has 2 aromatic heterocycles. The fourth-order valence-corrected chi connectivity index (χ4v) is 2.95. The molecule has 1 fully saturated rings. The Morgan fingerprint density at radius 3 is 3.09 bits per heavy atom. The Balaban J connectivity index is 1.65. The number of anilines is 1. The average Bonchev–Trinajstić information content (AvgIpc) is 3.12. The van der Waals surface area contributed by atoms with Gasteiger partial charge < -0.3 is 14.3 Å². The zero-order valence-corrected chi connectivity index (χ0v) is 12.9. The largest absolute Gasteiger partial charge is 0.468 e. The van der Waals surface area contributed by atoms with Crippen LogP contribution in [0.2, 0.25) is 0 Å². The Morgan fingerprint density at radius 1 is 1.55 bits per heavy atom. The molecule has 118 valence electrons. The molecule has 0 saturated carbocycles. The lowest BCUT2D eigenvalue weighted by atomic mass is 9.91. The SMILES string of the molecule is Cc1cc(NC(=O)CN2CC[C@H](C)C[C@@H]2c2ccco2)no1.